The van der Waals surface area contributed by atoms with Gasteiger partial charge in [-0.1, -0.05) is 11.6 Å². The van der Waals surface area contributed by atoms with Crippen molar-refractivity contribution in [2.75, 3.05) is 25.1 Å². The maximum absolute atomic E-state index is 11.6. The Morgan fingerprint density at radius 1 is 1.40 bits per heavy atom. The summed E-state index contributed by atoms with van der Waals surface area (Å²) >= 11 is 5.75. The molecule has 1 saturated carbocycles. The van der Waals surface area contributed by atoms with Crippen LogP contribution in [0.4, 0.5) is 10.5 Å². The van der Waals surface area contributed by atoms with E-state index in [2.05, 4.69) is 10.6 Å². The number of hydrogen-bond acceptors (Lipinski definition) is 3. The molecular weight excluding hydrogens is 280 g/mol. The Labute approximate surface area is 123 Å². The summed E-state index contributed by atoms with van der Waals surface area (Å²) in [5.41, 5.74) is 0.645. The summed E-state index contributed by atoms with van der Waals surface area (Å²) in [6.07, 6.45) is 1.75. The Kier molecular flexibility index (Phi) is 5.64. The summed E-state index contributed by atoms with van der Waals surface area (Å²) in [6, 6.07) is 6.43. The third kappa shape index (κ3) is 5.77. The second-order valence-corrected chi connectivity index (χ2v) is 5.41. The van der Waals surface area contributed by atoms with Gasteiger partial charge < -0.3 is 20.5 Å². The molecule has 20 heavy (non-hydrogen) atoms. The van der Waals surface area contributed by atoms with Crippen LogP contribution in [0.2, 0.25) is 5.02 Å². The first-order valence-corrected chi connectivity index (χ1v) is 7.07. The van der Waals surface area contributed by atoms with E-state index in [1.165, 1.54) is 12.8 Å². The van der Waals surface area contributed by atoms with Crippen LogP contribution in [0.1, 0.15) is 12.8 Å². The summed E-state index contributed by atoms with van der Waals surface area (Å²) in [5, 5.41) is 15.5. The Bertz CT molecular complexity index is 435. The van der Waals surface area contributed by atoms with Gasteiger partial charge >= 0.3 is 6.03 Å². The lowest BCUT2D eigenvalue weighted by atomic mass is 10.3. The fourth-order valence-electron chi connectivity index (χ4n) is 1.63. The first-order valence-electron chi connectivity index (χ1n) is 6.69. The highest BCUT2D eigenvalue weighted by Gasteiger charge is 2.21. The number of carbonyl (C=O) groups excluding carboxylic acids is 1. The summed E-state index contributed by atoms with van der Waals surface area (Å²) in [5.74, 6) is 0.670. The average Bonchev–Trinajstić information content (AvgIpc) is 3.23. The van der Waals surface area contributed by atoms with Gasteiger partial charge in [-0.05, 0) is 43.0 Å². The van der Waals surface area contributed by atoms with Crippen molar-refractivity contribution in [2.24, 2.45) is 5.92 Å². The number of hydrogen-bond donors (Lipinski definition) is 3. The lowest BCUT2D eigenvalue weighted by Crippen LogP contribution is -2.37. The van der Waals surface area contributed by atoms with Crippen LogP contribution < -0.4 is 10.6 Å². The van der Waals surface area contributed by atoms with Gasteiger partial charge in [0, 0.05) is 23.9 Å². The van der Waals surface area contributed by atoms with Crippen LogP contribution in [0, 0.1) is 5.92 Å². The molecule has 1 fully saturated rings. The van der Waals surface area contributed by atoms with Gasteiger partial charge in [0.1, 0.15) is 0 Å². The molecule has 2 amide bonds. The maximum Gasteiger partial charge on any atom is 0.319 e. The van der Waals surface area contributed by atoms with Crippen molar-refractivity contribution in [3.63, 3.8) is 0 Å². The zero-order valence-corrected chi connectivity index (χ0v) is 11.9. The molecule has 0 heterocycles. The number of aliphatic hydroxyl groups is 1. The molecule has 0 spiro atoms. The van der Waals surface area contributed by atoms with Gasteiger partial charge in [-0.25, -0.2) is 4.79 Å². The quantitative estimate of drug-likeness (QED) is 0.723. The van der Waals surface area contributed by atoms with Crippen molar-refractivity contribution in [2.45, 2.75) is 18.9 Å². The Hall–Kier alpha value is -1.30. The van der Waals surface area contributed by atoms with Crippen LogP contribution in [0.15, 0.2) is 24.3 Å². The van der Waals surface area contributed by atoms with Crippen molar-refractivity contribution >= 4 is 23.3 Å². The molecule has 0 aliphatic heterocycles. The average molecular weight is 299 g/mol. The minimum Gasteiger partial charge on any atom is -0.389 e. The summed E-state index contributed by atoms with van der Waals surface area (Å²) in [4.78, 5) is 11.6. The van der Waals surface area contributed by atoms with Crippen molar-refractivity contribution in [3.05, 3.63) is 29.3 Å². The zero-order valence-electron chi connectivity index (χ0n) is 11.1. The van der Waals surface area contributed by atoms with E-state index in [0.29, 0.717) is 23.2 Å². The van der Waals surface area contributed by atoms with Crippen LogP contribution in [0.5, 0.6) is 0 Å². The largest absolute Gasteiger partial charge is 0.389 e. The monoisotopic (exact) mass is 298 g/mol. The topological polar surface area (TPSA) is 70.6 Å². The number of anilines is 1. The van der Waals surface area contributed by atoms with Gasteiger partial charge in [0.2, 0.25) is 0 Å². The highest BCUT2D eigenvalue weighted by atomic mass is 35.5. The van der Waals surface area contributed by atoms with E-state index in [1.54, 1.807) is 24.3 Å². The van der Waals surface area contributed by atoms with Gasteiger partial charge in [-0.15, -0.1) is 0 Å². The van der Waals surface area contributed by atoms with E-state index in [9.17, 15) is 9.90 Å². The second kappa shape index (κ2) is 7.47. The molecule has 0 bridgehead atoms. The number of halogens is 1. The molecule has 1 atom stereocenters. The predicted octanol–water partition coefficient (Wildman–Crippen LogP) is 2.25. The Morgan fingerprint density at radius 2 is 2.10 bits per heavy atom. The lowest BCUT2D eigenvalue weighted by molar-refractivity contribution is 0.0339. The summed E-state index contributed by atoms with van der Waals surface area (Å²) < 4.78 is 5.35. The van der Waals surface area contributed by atoms with Crippen molar-refractivity contribution in [3.8, 4) is 0 Å². The molecule has 5 nitrogen and oxygen atoms in total. The van der Waals surface area contributed by atoms with Crippen molar-refractivity contribution < 1.29 is 14.6 Å². The standard InChI is InChI=1S/C14H19ClN2O3/c15-11-3-5-12(6-4-11)17-14(19)16-7-13(18)9-20-8-10-1-2-10/h3-6,10,13,18H,1-2,7-9H2,(H2,16,17,19). The molecular formula is C14H19ClN2O3. The van der Waals surface area contributed by atoms with Crippen molar-refractivity contribution in [1.29, 1.82) is 0 Å². The van der Waals surface area contributed by atoms with Crippen LogP contribution in [0.25, 0.3) is 0 Å². The van der Waals surface area contributed by atoms with Gasteiger partial charge in [-0.3, -0.25) is 0 Å². The fourth-order valence-corrected chi connectivity index (χ4v) is 1.76. The molecule has 0 aromatic heterocycles. The third-order valence-corrected chi connectivity index (χ3v) is 3.21. The highest BCUT2D eigenvalue weighted by molar-refractivity contribution is 6.30. The molecule has 0 saturated heterocycles. The molecule has 0 radical (unpaired) electrons. The smallest absolute Gasteiger partial charge is 0.319 e. The molecule has 1 aromatic rings. The zero-order chi connectivity index (χ0) is 14.4. The first-order chi connectivity index (χ1) is 9.63. The number of ether oxygens (including phenoxy) is 1. The van der Waals surface area contributed by atoms with Gasteiger partial charge in [0.25, 0.3) is 0 Å². The van der Waals surface area contributed by atoms with E-state index in [-0.39, 0.29) is 19.2 Å². The molecule has 1 aliphatic carbocycles. The second-order valence-electron chi connectivity index (χ2n) is 4.98. The molecule has 110 valence electrons. The SMILES string of the molecule is O=C(NCC(O)COCC1CC1)Nc1ccc(Cl)cc1. The van der Waals surface area contributed by atoms with Crippen LogP contribution in [0.3, 0.4) is 0 Å². The van der Waals surface area contributed by atoms with E-state index in [0.717, 1.165) is 0 Å². The van der Waals surface area contributed by atoms with Crippen LogP contribution >= 0.6 is 11.6 Å². The predicted molar refractivity (Wildman–Crippen MR) is 78.0 cm³/mol. The number of nitrogens with one attached hydrogen (secondary N) is 2. The number of amides is 2. The van der Waals surface area contributed by atoms with Crippen molar-refractivity contribution in [1.82, 2.24) is 5.32 Å². The maximum atomic E-state index is 11.6. The molecule has 3 N–H and O–H groups in total. The van der Waals surface area contributed by atoms with E-state index in [1.807, 2.05) is 0 Å². The van der Waals surface area contributed by atoms with Gasteiger partial charge in [-0.2, -0.15) is 0 Å². The van der Waals surface area contributed by atoms with Gasteiger partial charge in [0.05, 0.1) is 12.7 Å². The molecule has 6 heteroatoms. The van der Waals surface area contributed by atoms with E-state index >= 15 is 0 Å². The van der Waals surface area contributed by atoms with E-state index in [4.69, 9.17) is 16.3 Å². The van der Waals surface area contributed by atoms with Crippen LogP contribution in [-0.2, 0) is 4.74 Å². The summed E-state index contributed by atoms with van der Waals surface area (Å²) in [7, 11) is 0. The Balaban J connectivity index is 1.59. The van der Waals surface area contributed by atoms with Crippen LogP contribution in [-0.4, -0.2) is 37.0 Å². The number of carbonyl (C=O) groups is 1. The first kappa shape index (κ1) is 15.1. The fraction of sp³-hybridized carbons (Fsp3) is 0.500. The number of rotatable bonds is 7. The molecule has 1 unspecified atom stereocenters. The number of benzene rings is 1. The minimum absolute atomic E-state index is 0.157. The van der Waals surface area contributed by atoms with E-state index < -0.39 is 6.10 Å². The molecule has 2 rings (SSSR count). The lowest BCUT2D eigenvalue weighted by Gasteiger charge is -2.13. The molecule has 1 aromatic carbocycles. The number of urea groups is 1. The third-order valence-electron chi connectivity index (χ3n) is 2.96. The highest BCUT2D eigenvalue weighted by Crippen LogP contribution is 2.28. The Morgan fingerprint density at radius 3 is 2.75 bits per heavy atom. The minimum atomic E-state index is -0.690. The number of aliphatic hydroxyl groups excluding tert-OH is 1. The summed E-state index contributed by atoms with van der Waals surface area (Å²) in [6.45, 7) is 1.11. The normalized spacial score (nSPS) is 15.7. The molecule has 1 aliphatic rings. The van der Waals surface area contributed by atoms with Gasteiger partial charge in [0.15, 0.2) is 0 Å².